The number of hydrogen-bond donors (Lipinski definition) is 0. The van der Waals surface area contributed by atoms with Crippen molar-refractivity contribution in [2.75, 3.05) is 19.6 Å². The van der Waals surface area contributed by atoms with Crippen LogP contribution < -0.4 is 4.74 Å². The van der Waals surface area contributed by atoms with Crippen LogP contribution in [0.2, 0.25) is 0 Å². The number of benzene rings is 1. The molecule has 4 heterocycles. The molecule has 0 saturated carbocycles. The Morgan fingerprint density at radius 2 is 1.94 bits per heavy atom. The molecule has 0 aliphatic carbocycles. The maximum absolute atomic E-state index is 13.9. The monoisotopic (exact) mass is 513 g/mol. The van der Waals surface area contributed by atoms with Crippen LogP contribution in [0.1, 0.15) is 25.7 Å². The van der Waals surface area contributed by atoms with E-state index in [0.717, 1.165) is 28.7 Å². The average Bonchev–Trinajstić information content (AvgIpc) is 3.54. The number of fused-ring (bicyclic) bond motifs is 1. The van der Waals surface area contributed by atoms with Crippen LogP contribution in [0.4, 0.5) is 8.78 Å². The predicted molar refractivity (Wildman–Crippen MR) is 121 cm³/mol. The lowest BCUT2D eigenvalue weighted by molar-refractivity contribution is -0.136. The SMILES string of the molecule is O=C(C1CCCN1S(=O)(=O)c1cccs1)N1CCC(Oc2nc3c(F)cc(F)cc3s2)CC1. The third-order valence-corrected chi connectivity index (χ3v) is 10.1. The lowest BCUT2D eigenvalue weighted by Gasteiger charge is -2.34. The molecule has 0 radical (unpaired) electrons. The molecule has 1 atom stereocenters. The molecule has 2 aromatic heterocycles. The number of amides is 1. The number of thiophene rings is 1. The molecule has 1 aromatic carbocycles. The van der Waals surface area contributed by atoms with Gasteiger partial charge in [0.15, 0.2) is 5.82 Å². The van der Waals surface area contributed by atoms with Gasteiger partial charge in [0, 0.05) is 38.5 Å². The Balaban J connectivity index is 1.22. The van der Waals surface area contributed by atoms with Crippen molar-refractivity contribution in [2.45, 2.75) is 42.0 Å². The first-order valence-electron chi connectivity index (χ1n) is 10.6. The maximum atomic E-state index is 13.9. The minimum Gasteiger partial charge on any atom is -0.467 e. The van der Waals surface area contributed by atoms with Crippen molar-refractivity contribution in [2.24, 2.45) is 0 Å². The Bertz CT molecular complexity index is 1270. The van der Waals surface area contributed by atoms with Gasteiger partial charge in [0.2, 0.25) is 5.91 Å². The largest absolute Gasteiger partial charge is 0.467 e. The van der Waals surface area contributed by atoms with E-state index in [2.05, 4.69) is 4.98 Å². The highest BCUT2D eigenvalue weighted by atomic mass is 32.2. The first-order chi connectivity index (χ1) is 15.8. The molecule has 1 unspecified atom stereocenters. The second-order valence-corrected chi connectivity index (χ2v) is 12.1. The third-order valence-electron chi connectivity index (χ3n) is 5.96. The lowest BCUT2D eigenvalue weighted by atomic mass is 10.1. The van der Waals surface area contributed by atoms with Crippen molar-refractivity contribution in [1.82, 2.24) is 14.2 Å². The summed E-state index contributed by atoms with van der Waals surface area (Å²) < 4.78 is 61.1. The van der Waals surface area contributed by atoms with Gasteiger partial charge in [-0.05, 0) is 30.4 Å². The summed E-state index contributed by atoms with van der Waals surface area (Å²) >= 11 is 2.23. The Hall–Kier alpha value is -2.15. The Labute approximate surface area is 197 Å². The molecular formula is C21H21F2N3O4S3. The van der Waals surface area contributed by atoms with E-state index in [1.54, 1.807) is 22.4 Å². The molecular weight excluding hydrogens is 492 g/mol. The number of halogens is 2. The van der Waals surface area contributed by atoms with Crippen molar-refractivity contribution >= 4 is 48.8 Å². The molecule has 2 aliphatic heterocycles. The number of carbonyl (C=O) groups is 1. The number of likely N-dealkylation sites (tertiary alicyclic amines) is 1. The van der Waals surface area contributed by atoms with Gasteiger partial charge in [-0.15, -0.1) is 11.3 Å². The molecule has 2 fully saturated rings. The molecule has 0 bridgehead atoms. The highest BCUT2D eigenvalue weighted by Gasteiger charge is 2.42. The predicted octanol–water partition coefficient (Wildman–Crippen LogP) is 3.86. The van der Waals surface area contributed by atoms with Gasteiger partial charge in [-0.3, -0.25) is 4.79 Å². The van der Waals surface area contributed by atoms with E-state index < -0.39 is 27.7 Å². The summed E-state index contributed by atoms with van der Waals surface area (Å²) in [5, 5.41) is 1.98. The molecule has 1 amide bonds. The van der Waals surface area contributed by atoms with E-state index in [1.165, 1.54) is 10.4 Å². The number of hydrogen-bond acceptors (Lipinski definition) is 7. The lowest BCUT2D eigenvalue weighted by Crippen LogP contribution is -2.50. The van der Waals surface area contributed by atoms with Gasteiger partial charge in [0.05, 0.1) is 4.70 Å². The maximum Gasteiger partial charge on any atom is 0.274 e. The first kappa shape index (κ1) is 22.6. The minimum absolute atomic E-state index is 0.0808. The number of nitrogens with zero attached hydrogens (tertiary/aromatic N) is 3. The van der Waals surface area contributed by atoms with Gasteiger partial charge in [-0.25, -0.2) is 17.2 Å². The second kappa shape index (κ2) is 8.90. The van der Waals surface area contributed by atoms with Crippen LogP contribution in [-0.4, -0.2) is 60.3 Å². The zero-order valence-corrected chi connectivity index (χ0v) is 19.9. The van der Waals surface area contributed by atoms with Crippen molar-refractivity contribution in [3.05, 3.63) is 41.3 Å². The van der Waals surface area contributed by atoms with Gasteiger partial charge >= 0.3 is 0 Å². The number of piperidine rings is 1. The Kier molecular flexibility index (Phi) is 6.10. The van der Waals surface area contributed by atoms with Crippen molar-refractivity contribution in [3.63, 3.8) is 0 Å². The average molecular weight is 514 g/mol. The van der Waals surface area contributed by atoms with Crippen LogP contribution in [0.3, 0.4) is 0 Å². The normalized spacial score (nSPS) is 20.5. The van der Waals surface area contributed by atoms with Crippen molar-refractivity contribution in [3.8, 4) is 5.19 Å². The molecule has 5 rings (SSSR count). The number of sulfonamides is 1. The van der Waals surface area contributed by atoms with E-state index in [1.807, 2.05) is 0 Å². The summed E-state index contributed by atoms with van der Waals surface area (Å²) in [5.74, 6) is -1.57. The molecule has 2 saturated heterocycles. The quantitative estimate of drug-likeness (QED) is 0.518. The summed E-state index contributed by atoms with van der Waals surface area (Å²) in [4.78, 5) is 19.0. The van der Waals surface area contributed by atoms with E-state index >= 15 is 0 Å². The van der Waals surface area contributed by atoms with Gasteiger partial charge < -0.3 is 9.64 Å². The summed E-state index contributed by atoms with van der Waals surface area (Å²) in [6.07, 6.45) is 2.03. The van der Waals surface area contributed by atoms with Crippen LogP contribution in [0.15, 0.2) is 33.9 Å². The standard InChI is InChI=1S/C21H21F2N3O4S3/c22-13-11-15(23)19-17(12-13)32-21(24-19)30-14-5-8-25(9-6-14)20(27)16-3-1-7-26(16)33(28,29)18-4-2-10-31-18/h2,4,10-12,14,16H,1,3,5-9H2. The second-order valence-electron chi connectivity index (χ2n) is 8.06. The summed E-state index contributed by atoms with van der Waals surface area (Å²) in [7, 11) is -3.68. The number of thiazole rings is 1. The topological polar surface area (TPSA) is 79.8 Å². The van der Waals surface area contributed by atoms with Gasteiger partial charge in [0.25, 0.3) is 15.2 Å². The van der Waals surface area contributed by atoms with Crippen LogP contribution in [0.5, 0.6) is 5.19 Å². The number of carbonyl (C=O) groups excluding carboxylic acids is 1. The Morgan fingerprint density at radius 3 is 2.67 bits per heavy atom. The van der Waals surface area contributed by atoms with Gasteiger partial charge in [-0.2, -0.15) is 9.29 Å². The zero-order valence-electron chi connectivity index (χ0n) is 17.4. The van der Waals surface area contributed by atoms with Gasteiger partial charge in [-0.1, -0.05) is 17.4 Å². The molecule has 33 heavy (non-hydrogen) atoms. The fourth-order valence-electron chi connectivity index (χ4n) is 4.34. The molecule has 12 heteroatoms. The minimum atomic E-state index is -3.68. The van der Waals surface area contributed by atoms with Crippen molar-refractivity contribution in [1.29, 1.82) is 0 Å². The van der Waals surface area contributed by atoms with Gasteiger partial charge in [0.1, 0.15) is 27.7 Å². The van der Waals surface area contributed by atoms with E-state index in [-0.39, 0.29) is 26.9 Å². The fraction of sp³-hybridized carbons (Fsp3) is 0.429. The smallest absolute Gasteiger partial charge is 0.274 e. The summed E-state index contributed by atoms with van der Waals surface area (Å²) in [5.41, 5.74) is 0.0808. The number of ether oxygens (including phenoxy) is 1. The first-order valence-corrected chi connectivity index (χ1v) is 13.7. The molecule has 3 aromatic rings. The number of rotatable bonds is 5. The van der Waals surface area contributed by atoms with E-state index in [9.17, 15) is 22.0 Å². The van der Waals surface area contributed by atoms with E-state index in [0.29, 0.717) is 50.0 Å². The van der Waals surface area contributed by atoms with E-state index in [4.69, 9.17) is 4.74 Å². The van der Waals surface area contributed by atoms with Crippen LogP contribution >= 0.6 is 22.7 Å². The Morgan fingerprint density at radius 1 is 1.15 bits per heavy atom. The van der Waals surface area contributed by atoms with Crippen LogP contribution in [0, 0.1) is 11.6 Å². The summed E-state index contributed by atoms with van der Waals surface area (Å²) in [6, 6.07) is 4.58. The van der Waals surface area contributed by atoms with Crippen LogP contribution in [0.25, 0.3) is 10.2 Å². The molecule has 7 nitrogen and oxygen atoms in total. The molecule has 0 N–H and O–H groups in total. The summed E-state index contributed by atoms with van der Waals surface area (Å²) in [6.45, 7) is 1.20. The highest BCUT2D eigenvalue weighted by Crippen LogP contribution is 2.33. The third kappa shape index (κ3) is 4.36. The fourth-order valence-corrected chi connectivity index (χ4v) is 8.03. The molecule has 0 spiro atoms. The number of aromatic nitrogens is 1. The highest BCUT2D eigenvalue weighted by molar-refractivity contribution is 7.91. The molecule has 176 valence electrons. The van der Waals surface area contributed by atoms with Crippen LogP contribution in [-0.2, 0) is 14.8 Å². The van der Waals surface area contributed by atoms with Crippen molar-refractivity contribution < 1.29 is 26.7 Å². The molecule has 2 aliphatic rings. The zero-order chi connectivity index (χ0) is 23.2.